The zero-order valence-electron chi connectivity index (χ0n) is 14.3. The Labute approximate surface area is 166 Å². The molecule has 0 bridgehead atoms. The predicted molar refractivity (Wildman–Crippen MR) is 110 cm³/mol. The minimum atomic E-state index is -0.127. The average molecular weight is 403 g/mol. The number of hydrogen-bond acceptors (Lipinski definition) is 4. The number of fused-ring (bicyclic) bond motifs is 1. The maximum atomic E-state index is 12.7. The molecule has 0 saturated carbocycles. The number of thioether (sulfide) groups is 1. The molecule has 26 heavy (non-hydrogen) atoms. The highest BCUT2D eigenvalue weighted by molar-refractivity contribution is 7.98. The minimum Gasteiger partial charge on any atom is -0.291 e. The van der Waals surface area contributed by atoms with Gasteiger partial charge in [0.25, 0.3) is 0 Å². The number of aromatic nitrogens is 2. The van der Waals surface area contributed by atoms with E-state index in [1.807, 2.05) is 34.9 Å². The summed E-state index contributed by atoms with van der Waals surface area (Å²) in [5.41, 5.74) is 3.51. The van der Waals surface area contributed by atoms with Gasteiger partial charge in [-0.2, -0.15) is 4.98 Å². The standard InChI is InChI=1S/C20H19ClN2OS2/c21-15-9-7-14(8-10-15)13-26-19-17-5-1-2-6-18(17)23(20(24)22-19)12-16-4-3-11-25-16/h3-4,7-11H,1-2,5-6,12-13H2. The van der Waals surface area contributed by atoms with Crippen LogP contribution in [0.5, 0.6) is 0 Å². The monoisotopic (exact) mass is 402 g/mol. The van der Waals surface area contributed by atoms with Crippen LogP contribution in [-0.2, 0) is 25.1 Å². The Bertz CT molecular complexity index is 949. The van der Waals surface area contributed by atoms with E-state index in [0.29, 0.717) is 6.54 Å². The molecule has 0 spiro atoms. The first-order chi connectivity index (χ1) is 12.7. The van der Waals surface area contributed by atoms with Crippen LogP contribution in [0.25, 0.3) is 0 Å². The van der Waals surface area contributed by atoms with E-state index in [4.69, 9.17) is 11.6 Å². The van der Waals surface area contributed by atoms with Crippen LogP contribution in [0.1, 0.15) is 34.5 Å². The Hall–Kier alpha value is -1.56. The lowest BCUT2D eigenvalue weighted by Gasteiger charge is -2.22. The van der Waals surface area contributed by atoms with Crippen LogP contribution < -0.4 is 5.69 Å². The molecule has 2 aromatic heterocycles. The lowest BCUT2D eigenvalue weighted by Crippen LogP contribution is -2.30. The minimum absolute atomic E-state index is 0.127. The Kier molecular flexibility index (Phi) is 5.48. The van der Waals surface area contributed by atoms with Gasteiger partial charge in [-0.05, 0) is 54.8 Å². The van der Waals surface area contributed by atoms with Gasteiger partial charge in [0, 0.05) is 26.9 Å². The van der Waals surface area contributed by atoms with E-state index in [9.17, 15) is 4.79 Å². The zero-order chi connectivity index (χ0) is 17.9. The summed E-state index contributed by atoms with van der Waals surface area (Å²) < 4.78 is 1.88. The molecule has 134 valence electrons. The molecule has 0 radical (unpaired) electrons. The van der Waals surface area contributed by atoms with Gasteiger partial charge in [0.2, 0.25) is 0 Å². The Morgan fingerprint density at radius 3 is 2.73 bits per heavy atom. The van der Waals surface area contributed by atoms with Gasteiger partial charge in [-0.3, -0.25) is 4.57 Å². The van der Waals surface area contributed by atoms with Crippen molar-refractivity contribution in [3.8, 4) is 0 Å². The van der Waals surface area contributed by atoms with E-state index in [2.05, 4.69) is 16.4 Å². The van der Waals surface area contributed by atoms with Gasteiger partial charge in [0.1, 0.15) is 5.03 Å². The van der Waals surface area contributed by atoms with Gasteiger partial charge in [-0.25, -0.2) is 4.79 Å². The topological polar surface area (TPSA) is 34.9 Å². The number of halogens is 1. The van der Waals surface area contributed by atoms with Crippen molar-refractivity contribution < 1.29 is 0 Å². The third kappa shape index (κ3) is 3.90. The van der Waals surface area contributed by atoms with Gasteiger partial charge >= 0.3 is 5.69 Å². The second-order valence-electron chi connectivity index (χ2n) is 6.41. The predicted octanol–water partition coefficient (Wildman–Crippen LogP) is 5.18. The van der Waals surface area contributed by atoms with Crippen LogP contribution in [0.2, 0.25) is 5.02 Å². The molecular formula is C20H19ClN2OS2. The number of nitrogens with zero attached hydrogens (tertiary/aromatic N) is 2. The Morgan fingerprint density at radius 2 is 1.96 bits per heavy atom. The van der Waals surface area contributed by atoms with E-state index in [1.54, 1.807) is 23.1 Å². The fourth-order valence-electron chi connectivity index (χ4n) is 3.32. The molecule has 3 nitrogen and oxygen atoms in total. The van der Waals surface area contributed by atoms with Crippen LogP contribution in [0.15, 0.2) is 51.6 Å². The summed E-state index contributed by atoms with van der Waals surface area (Å²) in [6.07, 6.45) is 4.28. The SMILES string of the molecule is O=c1nc(SCc2ccc(Cl)cc2)c2c(n1Cc1cccs1)CCCC2. The summed E-state index contributed by atoms with van der Waals surface area (Å²) in [6.45, 7) is 0.633. The van der Waals surface area contributed by atoms with Gasteiger partial charge in [0.15, 0.2) is 0 Å². The average Bonchev–Trinajstić information content (AvgIpc) is 3.17. The van der Waals surface area contributed by atoms with Crippen LogP contribution in [0.3, 0.4) is 0 Å². The molecule has 0 fully saturated rings. The number of rotatable bonds is 5. The number of thiophene rings is 1. The van der Waals surface area contributed by atoms with E-state index in [0.717, 1.165) is 35.1 Å². The van der Waals surface area contributed by atoms with Crippen molar-refractivity contribution in [2.24, 2.45) is 0 Å². The van der Waals surface area contributed by atoms with Crippen LogP contribution in [0, 0.1) is 0 Å². The molecule has 1 aromatic carbocycles. The fraction of sp³-hybridized carbons (Fsp3) is 0.300. The molecule has 2 heterocycles. The molecule has 3 aromatic rings. The summed E-state index contributed by atoms with van der Waals surface area (Å²) in [6, 6.07) is 12.0. The molecule has 6 heteroatoms. The highest BCUT2D eigenvalue weighted by Gasteiger charge is 2.20. The smallest absolute Gasteiger partial charge is 0.291 e. The first-order valence-corrected chi connectivity index (χ1v) is 11.0. The van der Waals surface area contributed by atoms with Gasteiger partial charge in [0.05, 0.1) is 6.54 Å². The van der Waals surface area contributed by atoms with Crippen molar-refractivity contribution in [2.75, 3.05) is 0 Å². The highest BCUT2D eigenvalue weighted by Crippen LogP contribution is 2.31. The second kappa shape index (κ2) is 7.99. The maximum Gasteiger partial charge on any atom is 0.349 e. The molecule has 0 aliphatic heterocycles. The number of benzene rings is 1. The summed E-state index contributed by atoms with van der Waals surface area (Å²) in [5, 5.41) is 3.70. The van der Waals surface area contributed by atoms with Gasteiger partial charge in [-0.15, -0.1) is 23.1 Å². The van der Waals surface area contributed by atoms with Crippen molar-refractivity contribution in [3.05, 3.63) is 79.0 Å². The van der Waals surface area contributed by atoms with Crippen molar-refractivity contribution >= 4 is 34.7 Å². The van der Waals surface area contributed by atoms with Crippen molar-refractivity contribution in [1.82, 2.24) is 9.55 Å². The van der Waals surface area contributed by atoms with Crippen molar-refractivity contribution in [1.29, 1.82) is 0 Å². The van der Waals surface area contributed by atoms with Crippen LogP contribution in [0.4, 0.5) is 0 Å². The molecule has 0 N–H and O–H groups in total. The quantitative estimate of drug-likeness (QED) is 0.435. The lowest BCUT2D eigenvalue weighted by atomic mass is 9.97. The van der Waals surface area contributed by atoms with Crippen LogP contribution in [-0.4, -0.2) is 9.55 Å². The number of hydrogen-bond donors (Lipinski definition) is 0. The summed E-state index contributed by atoms with van der Waals surface area (Å²) in [5.74, 6) is 0.797. The fourth-order valence-corrected chi connectivity index (χ4v) is 5.17. The summed E-state index contributed by atoms with van der Waals surface area (Å²) >= 11 is 9.30. The molecule has 0 saturated heterocycles. The third-order valence-corrected chi connectivity index (χ3v) is 6.84. The second-order valence-corrected chi connectivity index (χ2v) is 8.85. The largest absolute Gasteiger partial charge is 0.349 e. The normalized spacial score (nSPS) is 13.6. The third-order valence-electron chi connectivity index (χ3n) is 4.63. The van der Waals surface area contributed by atoms with E-state index >= 15 is 0 Å². The van der Waals surface area contributed by atoms with Gasteiger partial charge in [-0.1, -0.05) is 29.8 Å². The molecule has 0 atom stereocenters. The Morgan fingerprint density at radius 1 is 1.15 bits per heavy atom. The Balaban J connectivity index is 1.64. The van der Waals surface area contributed by atoms with Crippen molar-refractivity contribution in [2.45, 2.75) is 43.0 Å². The molecule has 0 amide bonds. The van der Waals surface area contributed by atoms with E-state index < -0.39 is 0 Å². The van der Waals surface area contributed by atoms with Crippen LogP contribution >= 0.6 is 34.7 Å². The maximum absolute atomic E-state index is 12.7. The molecule has 4 rings (SSSR count). The molecule has 1 aliphatic carbocycles. The van der Waals surface area contributed by atoms with E-state index in [-0.39, 0.29) is 5.69 Å². The van der Waals surface area contributed by atoms with E-state index in [1.165, 1.54) is 28.1 Å². The van der Waals surface area contributed by atoms with Crippen molar-refractivity contribution in [3.63, 3.8) is 0 Å². The molecule has 0 unspecified atom stereocenters. The highest BCUT2D eigenvalue weighted by atomic mass is 35.5. The first-order valence-electron chi connectivity index (χ1n) is 8.73. The molecular weight excluding hydrogens is 384 g/mol. The zero-order valence-corrected chi connectivity index (χ0v) is 16.7. The molecule has 1 aliphatic rings. The summed E-state index contributed by atoms with van der Waals surface area (Å²) in [7, 11) is 0. The van der Waals surface area contributed by atoms with Gasteiger partial charge < -0.3 is 0 Å². The first kappa shape index (κ1) is 17.8. The lowest BCUT2D eigenvalue weighted by molar-refractivity contribution is 0.571. The summed E-state index contributed by atoms with van der Waals surface area (Å²) in [4.78, 5) is 18.4.